The number of hydrogen-bond donors (Lipinski definition) is 1. The van der Waals surface area contributed by atoms with Gasteiger partial charge in [0.25, 0.3) is 0 Å². The third-order valence-corrected chi connectivity index (χ3v) is 6.21. The molecule has 1 saturated carbocycles. The molecule has 1 aliphatic carbocycles. The van der Waals surface area contributed by atoms with Crippen molar-refractivity contribution in [3.8, 4) is 0 Å². The van der Waals surface area contributed by atoms with Crippen LogP contribution in [0.25, 0.3) is 0 Å². The second-order valence-corrected chi connectivity index (χ2v) is 8.05. The second-order valence-electron chi connectivity index (χ2n) is 8.05. The average Bonchev–Trinajstić information content (AvgIpc) is 2.87. The number of carbonyl (C=O) groups excluding carboxylic acids is 1. The fourth-order valence-electron chi connectivity index (χ4n) is 4.14. The highest BCUT2D eigenvalue weighted by Crippen LogP contribution is 2.49. The van der Waals surface area contributed by atoms with Crippen LogP contribution in [0, 0.1) is 5.41 Å². The predicted octanol–water partition coefficient (Wildman–Crippen LogP) is 4.41. The van der Waals surface area contributed by atoms with E-state index in [1.165, 1.54) is 5.56 Å². The van der Waals surface area contributed by atoms with E-state index in [0.717, 1.165) is 37.1 Å². The molecule has 1 spiro atoms. The van der Waals surface area contributed by atoms with Crippen molar-refractivity contribution in [1.29, 1.82) is 0 Å². The summed E-state index contributed by atoms with van der Waals surface area (Å²) >= 11 is 0. The van der Waals surface area contributed by atoms with E-state index < -0.39 is 5.60 Å². The average molecular weight is 327 g/mol. The molecule has 1 aromatic rings. The number of carbonyl (C=O) groups is 1. The molecule has 2 fully saturated rings. The van der Waals surface area contributed by atoms with Gasteiger partial charge in [-0.05, 0) is 68.2 Å². The minimum atomic E-state index is -0.780. The van der Waals surface area contributed by atoms with Crippen LogP contribution in [0.2, 0.25) is 0 Å². The van der Waals surface area contributed by atoms with Crippen LogP contribution in [0.3, 0.4) is 0 Å². The molecule has 1 heterocycles. The highest BCUT2D eigenvalue weighted by molar-refractivity contribution is 6.00. The van der Waals surface area contributed by atoms with Gasteiger partial charge in [-0.3, -0.25) is 4.79 Å². The fraction of sp³-hybridized carbons (Fsp3) is 0.571. The Hall–Kier alpha value is -1.61. The molecule has 0 aromatic heterocycles. The summed E-state index contributed by atoms with van der Waals surface area (Å²) in [6.07, 6.45) is 3.71. The van der Waals surface area contributed by atoms with E-state index in [-0.39, 0.29) is 11.3 Å². The normalized spacial score (nSPS) is 30.4. The summed E-state index contributed by atoms with van der Waals surface area (Å²) in [5, 5.41) is 10.6. The summed E-state index contributed by atoms with van der Waals surface area (Å²) in [5.74, 6) is 0.737. The van der Waals surface area contributed by atoms with Gasteiger partial charge in [0.05, 0.1) is 11.0 Å². The van der Waals surface area contributed by atoms with Crippen LogP contribution in [0.1, 0.15) is 64.4 Å². The SMILES string of the molecule is C=C(C)[C@]1(O)CC[C@]2(CCN(c3ccc(C(C)C)cc3)C2=O)CC1. The summed E-state index contributed by atoms with van der Waals surface area (Å²) in [6.45, 7) is 10.9. The molecule has 130 valence electrons. The van der Waals surface area contributed by atoms with E-state index in [9.17, 15) is 9.90 Å². The van der Waals surface area contributed by atoms with Crippen molar-refractivity contribution in [2.75, 3.05) is 11.4 Å². The second kappa shape index (κ2) is 6.03. The molecule has 24 heavy (non-hydrogen) atoms. The van der Waals surface area contributed by atoms with Crippen molar-refractivity contribution in [2.24, 2.45) is 5.41 Å². The summed E-state index contributed by atoms with van der Waals surface area (Å²) in [5.41, 5.74) is 2.06. The lowest BCUT2D eigenvalue weighted by molar-refractivity contribution is -0.129. The van der Waals surface area contributed by atoms with Crippen LogP contribution >= 0.6 is 0 Å². The van der Waals surface area contributed by atoms with E-state index in [0.29, 0.717) is 18.8 Å². The van der Waals surface area contributed by atoms with Crippen molar-refractivity contribution in [3.05, 3.63) is 42.0 Å². The van der Waals surface area contributed by atoms with Gasteiger partial charge in [0.2, 0.25) is 5.91 Å². The Morgan fingerprint density at radius 1 is 1.12 bits per heavy atom. The van der Waals surface area contributed by atoms with E-state index in [2.05, 4.69) is 44.7 Å². The van der Waals surface area contributed by atoms with Crippen LogP contribution in [-0.4, -0.2) is 23.2 Å². The maximum atomic E-state index is 13.1. The summed E-state index contributed by atoms with van der Waals surface area (Å²) < 4.78 is 0. The Bertz CT molecular complexity index is 636. The summed E-state index contributed by atoms with van der Waals surface area (Å²) in [4.78, 5) is 15.0. The zero-order valence-electron chi connectivity index (χ0n) is 15.1. The Balaban J connectivity index is 1.75. The molecule has 1 aliphatic heterocycles. The number of nitrogens with zero attached hydrogens (tertiary/aromatic N) is 1. The Kier molecular flexibility index (Phi) is 4.33. The van der Waals surface area contributed by atoms with E-state index in [1.54, 1.807) is 0 Å². The standard InChI is InChI=1S/C21H29NO2/c1-15(2)17-5-7-18(8-6-17)22-14-13-20(19(22)23)9-11-21(24,12-10-20)16(3)4/h5-8,15,24H,3,9-14H2,1-2,4H3/t20-,21+. The van der Waals surface area contributed by atoms with Gasteiger partial charge in [0.15, 0.2) is 0 Å². The zero-order chi connectivity index (χ0) is 17.5. The van der Waals surface area contributed by atoms with Crippen LogP contribution in [0.4, 0.5) is 5.69 Å². The van der Waals surface area contributed by atoms with E-state index in [1.807, 2.05) is 11.8 Å². The van der Waals surface area contributed by atoms with Gasteiger partial charge in [-0.1, -0.05) is 32.6 Å². The number of hydrogen-bond acceptors (Lipinski definition) is 2. The van der Waals surface area contributed by atoms with Gasteiger partial charge in [-0.15, -0.1) is 0 Å². The topological polar surface area (TPSA) is 40.5 Å². The molecular formula is C21H29NO2. The number of amides is 1. The molecule has 1 saturated heterocycles. The minimum absolute atomic E-state index is 0.239. The molecule has 3 nitrogen and oxygen atoms in total. The third kappa shape index (κ3) is 2.79. The van der Waals surface area contributed by atoms with Gasteiger partial charge < -0.3 is 10.0 Å². The number of rotatable bonds is 3. The molecular weight excluding hydrogens is 298 g/mol. The molecule has 3 rings (SSSR count). The first-order valence-corrected chi connectivity index (χ1v) is 9.08. The number of aliphatic hydroxyl groups is 1. The van der Waals surface area contributed by atoms with Crippen LogP contribution in [0.15, 0.2) is 36.4 Å². The summed E-state index contributed by atoms with van der Waals surface area (Å²) in [7, 11) is 0. The highest BCUT2D eigenvalue weighted by Gasteiger charge is 2.51. The minimum Gasteiger partial charge on any atom is -0.386 e. The lowest BCUT2D eigenvalue weighted by atomic mass is 9.66. The first-order chi connectivity index (χ1) is 11.3. The molecule has 0 atom stereocenters. The van der Waals surface area contributed by atoms with Gasteiger partial charge in [0, 0.05) is 12.2 Å². The van der Waals surface area contributed by atoms with Crippen molar-refractivity contribution in [3.63, 3.8) is 0 Å². The molecule has 0 radical (unpaired) electrons. The maximum Gasteiger partial charge on any atom is 0.233 e. The summed E-state index contributed by atoms with van der Waals surface area (Å²) in [6, 6.07) is 8.39. The smallest absolute Gasteiger partial charge is 0.233 e. The Labute approximate surface area is 145 Å². The molecule has 3 heteroatoms. The quantitative estimate of drug-likeness (QED) is 0.835. The van der Waals surface area contributed by atoms with Gasteiger partial charge in [0.1, 0.15) is 0 Å². The predicted molar refractivity (Wildman–Crippen MR) is 98.2 cm³/mol. The number of anilines is 1. The lowest BCUT2D eigenvalue weighted by Gasteiger charge is -2.41. The van der Waals surface area contributed by atoms with Crippen molar-refractivity contribution in [2.45, 2.75) is 64.4 Å². The molecule has 0 bridgehead atoms. The van der Waals surface area contributed by atoms with Gasteiger partial charge in [-0.25, -0.2) is 0 Å². The first-order valence-electron chi connectivity index (χ1n) is 9.08. The Morgan fingerprint density at radius 3 is 2.21 bits per heavy atom. The monoisotopic (exact) mass is 327 g/mol. The Morgan fingerprint density at radius 2 is 1.71 bits per heavy atom. The van der Waals surface area contributed by atoms with Crippen molar-refractivity contribution >= 4 is 11.6 Å². The fourth-order valence-corrected chi connectivity index (χ4v) is 4.14. The van der Waals surface area contributed by atoms with Crippen molar-refractivity contribution < 1.29 is 9.90 Å². The van der Waals surface area contributed by atoms with Crippen LogP contribution in [-0.2, 0) is 4.79 Å². The highest BCUT2D eigenvalue weighted by atomic mass is 16.3. The van der Waals surface area contributed by atoms with E-state index >= 15 is 0 Å². The zero-order valence-corrected chi connectivity index (χ0v) is 15.1. The largest absolute Gasteiger partial charge is 0.386 e. The molecule has 2 aliphatic rings. The molecule has 1 amide bonds. The van der Waals surface area contributed by atoms with Crippen LogP contribution < -0.4 is 4.90 Å². The molecule has 1 aromatic carbocycles. The third-order valence-electron chi connectivity index (χ3n) is 6.21. The van der Waals surface area contributed by atoms with Gasteiger partial charge >= 0.3 is 0 Å². The molecule has 0 unspecified atom stereocenters. The van der Waals surface area contributed by atoms with Gasteiger partial charge in [-0.2, -0.15) is 0 Å². The molecule has 1 N–H and O–H groups in total. The number of benzene rings is 1. The lowest BCUT2D eigenvalue weighted by Crippen LogP contribution is -2.43. The van der Waals surface area contributed by atoms with E-state index in [4.69, 9.17) is 0 Å². The van der Waals surface area contributed by atoms with Crippen molar-refractivity contribution in [1.82, 2.24) is 0 Å². The maximum absolute atomic E-state index is 13.1. The first kappa shape index (κ1) is 17.2. The van der Waals surface area contributed by atoms with Crippen LogP contribution in [0.5, 0.6) is 0 Å².